The molecule has 5 nitrogen and oxygen atoms in total. The summed E-state index contributed by atoms with van der Waals surface area (Å²) in [4.78, 5) is 22.7. The first-order valence-electron chi connectivity index (χ1n) is 9.22. The van der Waals surface area contributed by atoms with Gasteiger partial charge in [0.05, 0.1) is 12.5 Å². The number of carbonyl (C=O) groups is 2. The maximum absolute atomic E-state index is 11.9. The Hall–Kier alpha value is -2.04. The van der Waals surface area contributed by atoms with Crippen LogP contribution < -0.4 is 10.5 Å². The maximum Gasteiger partial charge on any atom is 0.344 e. The Labute approximate surface area is 149 Å². The number of amides is 1. The number of rotatable bonds is 9. The SMILES string of the molecule is CC(CCC1CCCCC1)OC(=O)COc1ccc(CC(N)=O)cc1. The van der Waals surface area contributed by atoms with E-state index in [2.05, 4.69) is 0 Å². The number of nitrogens with two attached hydrogens (primary N) is 1. The number of benzene rings is 1. The van der Waals surface area contributed by atoms with E-state index in [1.165, 1.54) is 32.1 Å². The van der Waals surface area contributed by atoms with Crippen LogP contribution in [0.3, 0.4) is 0 Å². The molecule has 2 rings (SSSR count). The third kappa shape index (κ3) is 7.59. The highest BCUT2D eigenvalue weighted by Gasteiger charge is 2.16. The minimum absolute atomic E-state index is 0.0732. The topological polar surface area (TPSA) is 78.6 Å². The van der Waals surface area contributed by atoms with Crippen LogP contribution in [0.1, 0.15) is 57.4 Å². The minimum atomic E-state index is -0.375. The summed E-state index contributed by atoms with van der Waals surface area (Å²) in [5, 5.41) is 0. The summed E-state index contributed by atoms with van der Waals surface area (Å²) in [5.74, 6) is 0.641. The Kier molecular flexibility index (Phi) is 7.76. The van der Waals surface area contributed by atoms with Crippen LogP contribution in [-0.4, -0.2) is 24.6 Å². The van der Waals surface area contributed by atoms with Gasteiger partial charge in [0.25, 0.3) is 0 Å². The summed E-state index contributed by atoms with van der Waals surface area (Å²) in [5.41, 5.74) is 5.97. The number of primary amides is 1. The highest BCUT2D eigenvalue weighted by Crippen LogP contribution is 2.28. The molecule has 1 atom stereocenters. The van der Waals surface area contributed by atoms with E-state index in [9.17, 15) is 9.59 Å². The van der Waals surface area contributed by atoms with Crippen LogP contribution in [0.4, 0.5) is 0 Å². The van der Waals surface area contributed by atoms with Gasteiger partial charge < -0.3 is 15.2 Å². The molecule has 1 amide bonds. The molecule has 25 heavy (non-hydrogen) atoms. The molecule has 1 saturated carbocycles. The molecule has 0 bridgehead atoms. The molecular formula is C20H29NO4. The molecule has 1 aromatic carbocycles. The molecule has 1 aliphatic rings. The fraction of sp³-hybridized carbons (Fsp3) is 0.600. The van der Waals surface area contributed by atoms with Crippen LogP contribution in [0.2, 0.25) is 0 Å². The van der Waals surface area contributed by atoms with Gasteiger partial charge in [0.15, 0.2) is 6.61 Å². The molecule has 0 aromatic heterocycles. The third-order valence-electron chi connectivity index (χ3n) is 4.70. The van der Waals surface area contributed by atoms with Crippen molar-refractivity contribution in [2.45, 2.75) is 64.4 Å². The zero-order valence-electron chi connectivity index (χ0n) is 15.0. The van der Waals surface area contributed by atoms with Crippen molar-refractivity contribution in [2.75, 3.05) is 6.61 Å². The second-order valence-electron chi connectivity index (χ2n) is 6.96. The second-order valence-corrected chi connectivity index (χ2v) is 6.96. The van der Waals surface area contributed by atoms with Gasteiger partial charge in [-0.05, 0) is 43.4 Å². The first-order chi connectivity index (χ1) is 12.0. The Bertz CT molecular complexity index is 549. The van der Waals surface area contributed by atoms with Crippen LogP contribution >= 0.6 is 0 Å². The summed E-state index contributed by atoms with van der Waals surface area (Å²) in [6.45, 7) is 1.84. The summed E-state index contributed by atoms with van der Waals surface area (Å²) < 4.78 is 10.8. The van der Waals surface area contributed by atoms with Crippen LogP contribution in [0.15, 0.2) is 24.3 Å². The van der Waals surface area contributed by atoms with Crippen LogP contribution in [0.5, 0.6) is 5.75 Å². The quantitative estimate of drug-likeness (QED) is 0.695. The molecule has 0 saturated heterocycles. The Morgan fingerprint density at radius 2 is 1.84 bits per heavy atom. The van der Waals surface area contributed by atoms with Crippen molar-refractivity contribution in [3.63, 3.8) is 0 Å². The molecule has 1 aliphatic carbocycles. The molecule has 138 valence electrons. The monoisotopic (exact) mass is 347 g/mol. The van der Waals surface area contributed by atoms with Gasteiger partial charge in [0, 0.05) is 0 Å². The predicted molar refractivity (Wildman–Crippen MR) is 96.2 cm³/mol. The zero-order valence-corrected chi connectivity index (χ0v) is 15.0. The molecule has 0 radical (unpaired) electrons. The first-order valence-corrected chi connectivity index (χ1v) is 9.22. The largest absolute Gasteiger partial charge is 0.482 e. The fourth-order valence-electron chi connectivity index (χ4n) is 3.31. The smallest absolute Gasteiger partial charge is 0.344 e. The molecule has 1 unspecified atom stereocenters. The van der Waals surface area contributed by atoms with Crippen molar-refractivity contribution in [1.82, 2.24) is 0 Å². The van der Waals surface area contributed by atoms with E-state index >= 15 is 0 Å². The van der Waals surface area contributed by atoms with Crippen molar-refractivity contribution in [3.05, 3.63) is 29.8 Å². The van der Waals surface area contributed by atoms with Crippen molar-refractivity contribution >= 4 is 11.9 Å². The third-order valence-corrected chi connectivity index (χ3v) is 4.70. The summed E-state index contributed by atoms with van der Waals surface area (Å²) in [7, 11) is 0. The Morgan fingerprint density at radius 3 is 2.48 bits per heavy atom. The van der Waals surface area contributed by atoms with Crippen molar-refractivity contribution in [3.8, 4) is 5.75 Å². The van der Waals surface area contributed by atoms with Crippen LogP contribution in [-0.2, 0) is 20.7 Å². The average Bonchev–Trinajstić information content (AvgIpc) is 2.60. The van der Waals surface area contributed by atoms with Gasteiger partial charge in [0.2, 0.25) is 5.91 Å². The zero-order chi connectivity index (χ0) is 18.1. The van der Waals surface area contributed by atoms with E-state index < -0.39 is 0 Å². The number of ether oxygens (including phenoxy) is 2. The molecule has 0 spiro atoms. The predicted octanol–water partition coefficient (Wildman–Crippen LogP) is 3.39. The van der Waals surface area contributed by atoms with Gasteiger partial charge in [-0.1, -0.05) is 44.2 Å². The molecule has 0 aliphatic heterocycles. The van der Waals surface area contributed by atoms with E-state index in [1.807, 2.05) is 6.92 Å². The van der Waals surface area contributed by atoms with Gasteiger partial charge >= 0.3 is 5.97 Å². The molecule has 2 N–H and O–H groups in total. The highest BCUT2D eigenvalue weighted by atomic mass is 16.6. The Balaban J connectivity index is 1.64. The normalized spacial score (nSPS) is 16.2. The number of esters is 1. The standard InChI is InChI=1S/C20H29NO4/c1-15(7-8-16-5-3-2-4-6-16)25-20(23)14-24-18-11-9-17(10-12-18)13-19(21)22/h9-12,15-16H,2-8,13-14H2,1H3,(H2,21,22). The Morgan fingerprint density at radius 1 is 1.16 bits per heavy atom. The maximum atomic E-state index is 11.9. The first kappa shape index (κ1) is 19.3. The highest BCUT2D eigenvalue weighted by molar-refractivity contribution is 5.76. The van der Waals surface area contributed by atoms with Gasteiger partial charge in [-0.2, -0.15) is 0 Å². The molecular weight excluding hydrogens is 318 g/mol. The average molecular weight is 347 g/mol. The second kappa shape index (κ2) is 10.1. The van der Waals surface area contributed by atoms with Gasteiger partial charge in [-0.15, -0.1) is 0 Å². The van der Waals surface area contributed by atoms with E-state index in [4.69, 9.17) is 15.2 Å². The molecule has 5 heteroatoms. The van der Waals surface area contributed by atoms with E-state index in [0.29, 0.717) is 5.75 Å². The summed E-state index contributed by atoms with van der Waals surface area (Å²) >= 11 is 0. The van der Waals surface area contributed by atoms with E-state index in [1.54, 1.807) is 24.3 Å². The van der Waals surface area contributed by atoms with Crippen LogP contribution in [0.25, 0.3) is 0 Å². The van der Waals surface area contributed by atoms with Gasteiger partial charge in [0.1, 0.15) is 5.75 Å². The lowest BCUT2D eigenvalue weighted by molar-refractivity contribution is -0.151. The van der Waals surface area contributed by atoms with Gasteiger partial charge in [-0.3, -0.25) is 4.79 Å². The number of hydrogen-bond donors (Lipinski definition) is 1. The van der Waals surface area contributed by atoms with E-state index in [0.717, 1.165) is 24.3 Å². The number of carbonyl (C=O) groups excluding carboxylic acids is 2. The van der Waals surface area contributed by atoms with Crippen molar-refractivity contribution < 1.29 is 19.1 Å². The minimum Gasteiger partial charge on any atom is -0.482 e. The van der Waals surface area contributed by atoms with Crippen molar-refractivity contribution in [1.29, 1.82) is 0 Å². The molecule has 0 heterocycles. The van der Waals surface area contributed by atoms with Crippen molar-refractivity contribution in [2.24, 2.45) is 11.7 Å². The fourth-order valence-corrected chi connectivity index (χ4v) is 3.31. The summed E-state index contributed by atoms with van der Waals surface area (Å²) in [6.07, 6.45) is 8.84. The molecule has 1 fully saturated rings. The lowest BCUT2D eigenvalue weighted by atomic mass is 9.85. The lowest BCUT2D eigenvalue weighted by Gasteiger charge is -2.23. The van der Waals surface area contributed by atoms with Crippen LogP contribution in [0, 0.1) is 5.92 Å². The number of hydrogen-bond acceptors (Lipinski definition) is 4. The summed E-state index contributed by atoms with van der Waals surface area (Å²) in [6, 6.07) is 6.96. The van der Waals surface area contributed by atoms with Gasteiger partial charge in [-0.25, -0.2) is 4.79 Å². The lowest BCUT2D eigenvalue weighted by Crippen LogP contribution is -2.21. The van der Waals surface area contributed by atoms with E-state index in [-0.39, 0.29) is 31.0 Å². The molecule has 1 aromatic rings.